The number of halogens is 3. The molecule has 174 valence electrons. The van der Waals surface area contributed by atoms with Crippen LogP contribution in [-0.4, -0.2) is 40.3 Å². The number of carbonyl (C=O) groups excluding carboxylic acids is 1. The number of nitrogens with one attached hydrogen (secondary N) is 1. The maximum Gasteiger partial charge on any atom is 0.401 e. The predicted molar refractivity (Wildman–Crippen MR) is 116 cm³/mol. The lowest BCUT2D eigenvalue weighted by atomic mass is 9.89. The van der Waals surface area contributed by atoms with Crippen LogP contribution in [0.4, 0.5) is 24.7 Å². The SMILES string of the molecule is Cc1ccc(C(=O)Nc2cc(C(C)(C)C(F)(F)F)on2)cc1C1CCN(c2cncnc2)C1. The fraction of sp³-hybridized carbons (Fsp3) is 0.391. The number of anilines is 2. The van der Waals surface area contributed by atoms with Crippen LogP contribution in [-0.2, 0) is 5.41 Å². The third-order valence-electron chi connectivity index (χ3n) is 6.16. The van der Waals surface area contributed by atoms with Crippen molar-refractivity contribution in [2.24, 2.45) is 0 Å². The second-order valence-electron chi connectivity index (χ2n) is 8.75. The Kier molecular flexibility index (Phi) is 5.85. The first-order valence-electron chi connectivity index (χ1n) is 10.5. The van der Waals surface area contributed by atoms with Gasteiger partial charge in [0.2, 0.25) is 0 Å². The van der Waals surface area contributed by atoms with E-state index in [4.69, 9.17) is 4.52 Å². The molecule has 3 aromatic rings. The van der Waals surface area contributed by atoms with Crippen LogP contribution in [0, 0.1) is 6.92 Å². The van der Waals surface area contributed by atoms with Gasteiger partial charge in [-0.25, -0.2) is 9.97 Å². The summed E-state index contributed by atoms with van der Waals surface area (Å²) in [6.07, 6.45) is 1.45. The Labute approximate surface area is 189 Å². The van der Waals surface area contributed by atoms with Crippen LogP contribution < -0.4 is 10.2 Å². The van der Waals surface area contributed by atoms with Gasteiger partial charge in [0.1, 0.15) is 11.7 Å². The largest absolute Gasteiger partial charge is 0.401 e. The first-order valence-corrected chi connectivity index (χ1v) is 10.5. The molecule has 7 nitrogen and oxygen atoms in total. The van der Waals surface area contributed by atoms with E-state index in [1.165, 1.54) is 6.33 Å². The third kappa shape index (κ3) is 4.55. The molecular formula is C23H24F3N5O2. The third-order valence-corrected chi connectivity index (χ3v) is 6.16. The molecule has 1 aromatic carbocycles. The molecular weight excluding hydrogens is 435 g/mol. The van der Waals surface area contributed by atoms with Gasteiger partial charge in [-0.2, -0.15) is 13.2 Å². The molecule has 1 atom stereocenters. The summed E-state index contributed by atoms with van der Waals surface area (Å²) >= 11 is 0. The normalized spacial score (nSPS) is 16.8. The minimum atomic E-state index is -4.51. The molecule has 1 aliphatic rings. The van der Waals surface area contributed by atoms with Crippen LogP contribution in [0.1, 0.15) is 53.4 Å². The number of hydrogen-bond acceptors (Lipinski definition) is 6. The summed E-state index contributed by atoms with van der Waals surface area (Å²) < 4.78 is 44.6. The Bertz CT molecular complexity index is 1140. The van der Waals surface area contributed by atoms with Crippen LogP contribution >= 0.6 is 0 Å². The molecule has 2 aromatic heterocycles. The van der Waals surface area contributed by atoms with E-state index in [0.717, 1.165) is 56.2 Å². The highest BCUT2D eigenvalue weighted by Gasteiger charge is 2.51. The van der Waals surface area contributed by atoms with E-state index in [2.05, 4.69) is 25.3 Å². The number of nitrogens with zero attached hydrogens (tertiary/aromatic N) is 4. The van der Waals surface area contributed by atoms with Gasteiger partial charge in [-0.1, -0.05) is 11.2 Å². The van der Waals surface area contributed by atoms with Crippen molar-refractivity contribution in [3.8, 4) is 0 Å². The van der Waals surface area contributed by atoms with E-state index in [9.17, 15) is 18.0 Å². The Morgan fingerprint density at radius 2 is 1.91 bits per heavy atom. The minimum Gasteiger partial charge on any atom is -0.368 e. The van der Waals surface area contributed by atoms with E-state index in [1.54, 1.807) is 18.5 Å². The molecule has 10 heteroatoms. The highest BCUT2D eigenvalue weighted by Crippen LogP contribution is 2.41. The second-order valence-corrected chi connectivity index (χ2v) is 8.75. The standard InChI is InChI=1S/C23H24F3N5O2/c1-14-4-5-15(8-18(14)16-6-7-31(12-16)17-10-27-13-28-11-17)21(32)29-20-9-19(33-30-20)22(2,3)23(24,25)26/h4-5,8-11,13,16H,6-7,12H2,1-3H3,(H,29,30,32). The molecule has 0 radical (unpaired) electrons. The average Bonchev–Trinajstić information content (AvgIpc) is 3.44. The average molecular weight is 459 g/mol. The monoisotopic (exact) mass is 459 g/mol. The Hall–Kier alpha value is -3.43. The molecule has 3 heterocycles. The molecule has 0 bridgehead atoms. The van der Waals surface area contributed by atoms with E-state index in [1.807, 2.05) is 19.1 Å². The van der Waals surface area contributed by atoms with Crippen LogP contribution in [0.3, 0.4) is 0 Å². The molecule has 0 saturated carbocycles. The summed E-state index contributed by atoms with van der Waals surface area (Å²) in [5.74, 6) is -0.673. The molecule has 1 amide bonds. The number of aromatic nitrogens is 3. The quantitative estimate of drug-likeness (QED) is 0.587. The number of carbonyl (C=O) groups is 1. The van der Waals surface area contributed by atoms with Gasteiger partial charge in [-0.15, -0.1) is 0 Å². The topological polar surface area (TPSA) is 84.2 Å². The van der Waals surface area contributed by atoms with Gasteiger partial charge in [0.25, 0.3) is 5.91 Å². The zero-order valence-electron chi connectivity index (χ0n) is 18.5. The van der Waals surface area contributed by atoms with E-state index in [-0.39, 0.29) is 17.5 Å². The molecule has 0 aliphatic carbocycles. The van der Waals surface area contributed by atoms with Gasteiger partial charge in [0.05, 0.1) is 18.1 Å². The number of amides is 1. The van der Waals surface area contributed by atoms with Crippen molar-refractivity contribution in [3.63, 3.8) is 0 Å². The first kappa shape index (κ1) is 22.8. The van der Waals surface area contributed by atoms with Gasteiger partial charge in [0.15, 0.2) is 11.6 Å². The van der Waals surface area contributed by atoms with E-state index >= 15 is 0 Å². The fourth-order valence-electron chi connectivity index (χ4n) is 3.88. The number of aryl methyl sites for hydroxylation is 1. The van der Waals surface area contributed by atoms with Crippen molar-refractivity contribution in [3.05, 3.63) is 65.4 Å². The highest BCUT2D eigenvalue weighted by atomic mass is 19.4. The van der Waals surface area contributed by atoms with Crippen LogP contribution in [0.25, 0.3) is 0 Å². The van der Waals surface area contributed by atoms with Crippen molar-refractivity contribution in [1.82, 2.24) is 15.1 Å². The summed E-state index contributed by atoms with van der Waals surface area (Å²) in [7, 11) is 0. The van der Waals surface area contributed by atoms with Gasteiger partial charge in [-0.3, -0.25) is 4.79 Å². The smallest absolute Gasteiger partial charge is 0.368 e. The van der Waals surface area contributed by atoms with Crippen molar-refractivity contribution < 1.29 is 22.5 Å². The highest BCUT2D eigenvalue weighted by molar-refractivity contribution is 6.04. The maximum atomic E-state index is 13.2. The van der Waals surface area contributed by atoms with Gasteiger partial charge in [-0.05, 0) is 50.5 Å². The number of alkyl halides is 3. The lowest BCUT2D eigenvalue weighted by Crippen LogP contribution is -2.35. The number of hydrogen-bond donors (Lipinski definition) is 1. The summed E-state index contributed by atoms with van der Waals surface area (Å²) in [5, 5.41) is 6.13. The maximum absolute atomic E-state index is 13.2. The van der Waals surface area contributed by atoms with E-state index < -0.39 is 17.5 Å². The summed E-state index contributed by atoms with van der Waals surface area (Å²) in [6.45, 7) is 5.62. The fourth-order valence-corrected chi connectivity index (χ4v) is 3.88. The van der Waals surface area contributed by atoms with Crippen molar-refractivity contribution >= 4 is 17.4 Å². The molecule has 1 unspecified atom stereocenters. The molecule has 1 N–H and O–H groups in total. The molecule has 1 saturated heterocycles. The van der Waals surface area contributed by atoms with Gasteiger partial charge in [0, 0.05) is 30.6 Å². The molecule has 4 rings (SSSR count). The minimum absolute atomic E-state index is 0.0643. The van der Waals surface area contributed by atoms with Crippen molar-refractivity contribution in [2.75, 3.05) is 23.3 Å². The van der Waals surface area contributed by atoms with Crippen molar-refractivity contribution in [1.29, 1.82) is 0 Å². The summed E-state index contributed by atoms with van der Waals surface area (Å²) in [5.41, 5.74) is 1.25. The zero-order chi connectivity index (χ0) is 23.8. The van der Waals surface area contributed by atoms with Crippen LogP contribution in [0.5, 0.6) is 0 Å². The predicted octanol–water partition coefficient (Wildman–Crippen LogP) is 4.86. The lowest BCUT2D eigenvalue weighted by molar-refractivity contribution is -0.185. The molecule has 33 heavy (non-hydrogen) atoms. The molecule has 1 fully saturated rings. The molecule has 1 aliphatic heterocycles. The number of benzene rings is 1. The Morgan fingerprint density at radius 1 is 1.18 bits per heavy atom. The first-order chi connectivity index (χ1) is 15.6. The Morgan fingerprint density at radius 3 is 2.61 bits per heavy atom. The van der Waals surface area contributed by atoms with Crippen molar-refractivity contribution in [2.45, 2.75) is 44.7 Å². The Balaban J connectivity index is 1.49. The summed E-state index contributed by atoms with van der Waals surface area (Å²) in [6, 6.07) is 6.50. The summed E-state index contributed by atoms with van der Waals surface area (Å²) in [4.78, 5) is 23.1. The second kappa shape index (κ2) is 8.49. The molecule has 0 spiro atoms. The van der Waals surface area contributed by atoms with Gasteiger partial charge >= 0.3 is 6.18 Å². The zero-order valence-corrected chi connectivity index (χ0v) is 18.5. The number of rotatable bonds is 5. The van der Waals surface area contributed by atoms with Crippen LogP contribution in [0.15, 0.2) is 47.5 Å². The van der Waals surface area contributed by atoms with E-state index in [0.29, 0.717) is 5.56 Å². The lowest BCUT2D eigenvalue weighted by Gasteiger charge is -2.24. The van der Waals surface area contributed by atoms with Gasteiger partial charge < -0.3 is 14.7 Å². The van der Waals surface area contributed by atoms with Crippen LogP contribution in [0.2, 0.25) is 0 Å².